The lowest BCUT2D eigenvalue weighted by Gasteiger charge is -2.16. The van der Waals surface area contributed by atoms with Crippen molar-refractivity contribution in [2.24, 2.45) is 5.92 Å². The van der Waals surface area contributed by atoms with Crippen molar-refractivity contribution in [3.63, 3.8) is 0 Å². The van der Waals surface area contributed by atoms with Crippen molar-refractivity contribution in [1.29, 1.82) is 0 Å². The van der Waals surface area contributed by atoms with E-state index < -0.39 is 0 Å². The van der Waals surface area contributed by atoms with Gasteiger partial charge in [-0.25, -0.2) is 0 Å². The van der Waals surface area contributed by atoms with Gasteiger partial charge in [0.2, 0.25) is 0 Å². The van der Waals surface area contributed by atoms with Crippen molar-refractivity contribution in [3.8, 4) is 0 Å². The SMILES string of the molecule is CCCC1CCN(CCNc2ccccc2)C1. The minimum Gasteiger partial charge on any atom is -0.384 e. The van der Waals surface area contributed by atoms with Gasteiger partial charge in [-0.3, -0.25) is 0 Å². The van der Waals surface area contributed by atoms with Gasteiger partial charge in [-0.15, -0.1) is 0 Å². The van der Waals surface area contributed by atoms with Gasteiger partial charge in [0.05, 0.1) is 0 Å². The number of nitrogens with zero attached hydrogens (tertiary/aromatic N) is 1. The summed E-state index contributed by atoms with van der Waals surface area (Å²) in [4.78, 5) is 2.59. The molecule has 1 unspecified atom stereocenters. The van der Waals surface area contributed by atoms with Crippen LogP contribution in [0.1, 0.15) is 26.2 Å². The van der Waals surface area contributed by atoms with E-state index >= 15 is 0 Å². The molecule has 1 atom stereocenters. The second kappa shape index (κ2) is 6.65. The number of hydrogen-bond donors (Lipinski definition) is 1. The van der Waals surface area contributed by atoms with Crippen molar-refractivity contribution < 1.29 is 0 Å². The molecule has 1 heterocycles. The summed E-state index contributed by atoms with van der Waals surface area (Å²) >= 11 is 0. The molecule has 0 bridgehead atoms. The van der Waals surface area contributed by atoms with Gasteiger partial charge in [-0.05, 0) is 37.4 Å². The van der Waals surface area contributed by atoms with E-state index in [1.54, 1.807) is 0 Å². The van der Waals surface area contributed by atoms with Crippen LogP contribution in [0.15, 0.2) is 30.3 Å². The first kappa shape index (κ1) is 12.4. The molecule has 94 valence electrons. The number of anilines is 1. The number of hydrogen-bond acceptors (Lipinski definition) is 2. The maximum absolute atomic E-state index is 3.48. The van der Waals surface area contributed by atoms with Gasteiger partial charge in [0.15, 0.2) is 0 Å². The van der Waals surface area contributed by atoms with Gasteiger partial charge in [0.1, 0.15) is 0 Å². The molecule has 1 fully saturated rings. The Balaban J connectivity index is 1.63. The Morgan fingerprint density at radius 2 is 2.12 bits per heavy atom. The largest absolute Gasteiger partial charge is 0.384 e. The highest BCUT2D eigenvalue weighted by Crippen LogP contribution is 2.20. The molecule has 17 heavy (non-hydrogen) atoms. The van der Waals surface area contributed by atoms with E-state index in [2.05, 4.69) is 47.5 Å². The molecule has 1 N–H and O–H groups in total. The fraction of sp³-hybridized carbons (Fsp3) is 0.600. The highest BCUT2D eigenvalue weighted by molar-refractivity contribution is 5.42. The Kier molecular flexibility index (Phi) is 4.87. The molecule has 1 aliphatic heterocycles. The van der Waals surface area contributed by atoms with Crippen LogP contribution < -0.4 is 5.32 Å². The van der Waals surface area contributed by atoms with Gasteiger partial charge in [-0.1, -0.05) is 31.5 Å². The van der Waals surface area contributed by atoms with Crippen molar-refractivity contribution >= 4 is 5.69 Å². The molecular weight excluding hydrogens is 208 g/mol. The Morgan fingerprint density at radius 1 is 1.29 bits per heavy atom. The summed E-state index contributed by atoms with van der Waals surface area (Å²) in [6.45, 7) is 7.13. The van der Waals surface area contributed by atoms with Crippen LogP contribution in [0.2, 0.25) is 0 Å². The maximum atomic E-state index is 3.48. The lowest BCUT2D eigenvalue weighted by molar-refractivity contribution is 0.332. The average Bonchev–Trinajstić information content (AvgIpc) is 2.79. The van der Waals surface area contributed by atoms with Crippen LogP contribution >= 0.6 is 0 Å². The number of benzene rings is 1. The second-order valence-corrected chi connectivity index (χ2v) is 5.04. The molecule has 1 aromatic rings. The number of likely N-dealkylation sites (tertiary alicyclic amines) is 1. The monoisotopic (exact) mass is 232 g/mol. The smallest absolute Gasteiger partial charge is 0.0340 e. The van der Waals surface area contributed by atoms with E-state index in [0.717, 1.165) is 12.5 Å². The van der Waals surface area contributed by atoms with Crippen molar-refractivity contribution in [2.75, 3.05) is 31.5 Å². The molecule has 0 spiro atoms. The van der Waals surface area contributed by atoms with Gasteiger partial charge in [-0.2, -0.15) is 0 Å². The van der Waals surface area contributed by atoms with Gasteiger partial charge in [0.25, 0.3) is 0 Å². The quantitative estimate of drug-likeness (QED) is 0.810. The average molecular weight is 232 g/mol. The third-order valence-corrected chi connectivity index (χ3v) is 3.60. The van der Waals surface area contributed by atoms with Crippen LogP contribution in [0, 0.1) is 5.92 Å². The highest BCUT2D eigenvalue weighted by atomic mass is 15.2. The van der Waals surface area contributed by atoms with Crippen LogP contribution in [0.25, 0.3) is 0 Å². The molecular formula is C15H24N2. The van der Waals surface area contributed by atoms with E-state index in [1.807, 2.05) is 0 Å². The summed E-state index contributed by atoms with van der Waals surface area (Å²) in [5.41, 5.74) is 1.23. The van der Waals surface area contributed by atoms with Gasteiger partial charge >= 0.3 is 0 Å². The number of para-hydroxylation sites is 1. The molecule has 2 nitrogen and oxygen atoms in total. The molecule has 2 heteroatoms. The summed E-state index contributed by atoms with van der Waals surface area (Å²) in [6, 6.07) is 10.5. The zero-order valence-electron chi connectivity index (χ0n) is 10.9. The van der Waals surface area contributed by atoms with Crippen molar-refractivity contribution in [1.82, 2.24) is 4.90 Å². The first-order chi connectivity index (χ1) is 8.38. The highest BCUT2D eigenvalue weighted by Gasteiger charge is 2.20. The lowest BCUT2D eigenvalue weighted by Crippen LogP contribution is -2.27. The van der Waals surface area contributed by atoms with Crippen LogP contribution in [-0.4, -0.2) is 31.1 Å². The molecule has 0 aromatic heterocycles. The van der Waals surface area contributed by atoms with E-state index in [4.69, 9.17) is 0 Å². The van der Waals surface area contributed by atoms with E-state index in [1.165, 1.54) is 44.6 Å². The molecule has 0 aliphatic carbocycles. The standard InChI is InChI=1S/C15H24N2/c1-2-6-14-9-11-17(13-14)12-10-16-15-7-4-3-5-8-15/h3-5,7-8,14,16H,2,6,9-13H2,1H3. The maximum Gasteiger partial charge on any atom is 0.0340 e. The van der Waals surface area contributed by atoms with E-state index in [9.17, 15) is 0 Å². The number of nitrogens with one attached hydrogen (secondary N) is 1. The topological polar surface area (TPSA) is 15.3 Å². The summed E-state index contributed by atoms with van der Waals surface area (Å²) in [6.07, 6.45) is 4.14. The predicted octanol–water partition coefficient (Wildman–Crippen LogP) is 3.22. The molecule has 1 aliphatic rings. The molecule has 1 aromatic carbocycles. The van der Waals surface area contributed by atoms with E-state index in [0.29, 0.717) is 0 Å². The van der Waals surface area contributed by atoms with Crippen molar-refractivity contribution in [3.05, 3.63) is 30.3 Å². The summed E-state index contributed by atoms with van der Waals surface area (Å²) in [5, 5.41) is 3.48. The molecule has 0 amide bonds. The van der Waals surface area contributed by atoms with Gasteiger partial charge in [0, 0.05) is 25.3 Å². The van der Waals surface area contributed by atoms with Crippen LogP contribution in [0.4, 0.5) is 5.69 Å². The first-order valence-corrected chi connectivity index (χ1v) is 6.89. The molecule has 2 rings (SSSR count). The third kappa shape index (κ3) is 4.04. The molecule has 0 radical (unpaired) electrons. The molecule has 0 saturated carbocycles. The zero-order chi connectivity index (χ0) is 11.9. The second-order valence-electron chi connectivity index (χ2n) is 5.04. The van der Waals surface area contributed by atoms with Crippen LogP contribution in [0.5, 0.6) is 0 Å². The Bertz CT molecular complexity index is 310. The Morgan fingerprint density at radius 3 is 2.88 bits per heavy atom. The van der Waals surface area contributed by atoms with Crippen LogP contribution in [0.3, 0.4) is 0 Å². The van der Waals surface area contributed by atoms with Gasteiger partial charge < -0.3 is 10.2 Å². The summed E-state index contributed by atoms with van der Waals surface area (Å²) in [7, 11) is 0. The zero-order valence-corrected chi connectivity index (χ0v) is 10.9. The fourth-order valence-corrected chi connectivity index (χ4v) is 2.67. The summed E-state index contributed by atoms with van der Waals surface area (Å²) < 4.78 is 0. The fourth-order valence-electron chi connectivity index (χ4n) is 2.67. The third-order valence-electron chi connectivity index (χ3n) is 3.60. The minimum absolute atomic E-state index is 0.955. The Hall–Kier alpha value is -1.02. The minimum atomic E-state index is 0.955. The number of rotatable bonds is 6. The van der Waals surface area contributed by atoms with E-state index in [-0.39, 0.29) is 0 Å². The summed E-state index contributed by atoms with van der Waals surface area (Å²) in [5.74, 6) is 0.955. The normalized spacial score (nSPS) is 20.6. The molecule has 1 saturated heterocycles. The van der Waals surface area contributed by atoms with Crippen molar-refractivity contribution in [2.45, 2.75) is 26.2 Å². The predicted molar refractivity (Wildman–Crippen MR) is 74.4 cm³/mol. The lowest BCUT2D eigenvalue weighted by atomic mass is 10.0. The first-order valence-electron chi connectivity index (χ1n) is 6.89. The van der Waals surface area contributed by atoms with Crippen LogP contribution in [-0.2, 0) is 0 Å². The Labute approximate surface area is 105 Å².